The van der Waals surface area contributed by atoms with Gasteiger partial charge < -0.3 is 11.5 Å². The summed E-state index contributed by atoms with van der Waals surface area (Å²) in [4.78, 5) is 13.0. The van der Waals surface area contributed by atoms with Crippen molar-refractivity contribution in [3.8, 4) is 0 Å². The molecule has 2 heterocycles. The van der Waals surface area contributed by atoms with Gasteiger partial charge in [0.05, 0.1) is 5.69 Å². The van der Waals surface area contributed by atoms with Gasteiger partial charge in [0, 0.05) is 11.4 Å². The van der Waals surface area contributed by atoms with E-state index in [2.05, 4.69) is 15.0 Å². The number of anilines is 2. The second-order valence-electron chi connectivity index (χ2n) is 4.03. The van der Waals surface area contributed by atoms with E-state index >= 15 is 0 Å². The van der Waals surface area contributed by atoms with Crippen molar-refractivity contribution in [2.24, 2.45) is 0 Å². The molecule has 0 aromatic carbocycles. The summed E-state index contributed by atoms with van der Waals surface area (Å²) in [5.41, 5.74) is 14.8. The summed E-state index contributed by atoms with van der Waals surface area (Å²) >= 11 is 1.38. The zero-order valence-corrected chi connectivity index (χ0v) is 11.4. The van der Waals surface area contributed by atoms with Crippen LogP contribution >= 0.6 is 11.8 Å². The van der Waals surface area contributed by atoms with Gasteiger partial charge in [-0.3, -0.25) is 0 Å². The Balaban J connectivity index is 2.31. The van der Waals surface area contributed by atoms with Crippen molar-refractivity contribution in [2.45, 2.75) is 31.0 Å². The predicted octanol–water partition coefficient (Wildman–Crippen LogP) is 2.11. The first-order valence-corrected chi connectivity index (χ1v) is 6.30. The summed E-state index contributed by atoms with van der Waals surface area (Å²) in [5, 5.41) is 1.41. The van der Waals surface area contributed by atoms with Crippen molar-refractivity contribution in [2.75, 3.05) is 11.5 Å². The van der Waals surface area contributed by atoms with Crippen LogP contribution in [0, 0.1) is 20.8 Å². The van der Waals surface area contributed by atoms with Gasteiger partial charge in [0.25, 0.3) is 0 Å². The van der Waals surface area contributed by atoms with Gasteiger partial charge in [0.2, 0.25) is 0 Å². The van der Waals surface area contributed by atoms with Gasteiger partial charge in [-0.05, 0) is 50.2 Å². The van der Waals surface area contributed by atoms with E-state index in [1.807, 2.05) is 26.8 Å². The Morgan fingerprint density at radius 1 is 0.944 bits per heavy atom. The van der Waals surface area contributed by atoms with Crippen LogP contribution in [0.3, 0.4) is 0 Å². The molecule has 0 bridgehead atoms. The van der Waals surface area contributed by atoms with Gasteiger partial charge in [0.1, 0.15) is 10.8 Å². The van der Waals surface area contributed by atoms with E-state index in [0.717, 1.165) is 22.0 Å². The number of pyridine rings is 1. The molecule has 0 spiro atoms. The first-order valence-electron chi connectivity index (χ1n) is 5.49. The number of aryl methyl sites for hydroxylation is 2. The molecule has 0 saturated heterocycles. The monoisotopic (exact) mass is 261 g/mol. The lowest BCUT2D eigenvalue weighted by Crippen LogP contribution is -2.00. The molecule has 0 amide bonds. The van der Waals surface area contributed by atoms with Crippen LogP contribution in [0.4, 0.5) is 11.5 Å². The number of nitrogens with two attached hydrogens (primary N) is 2. The van der Waals surface area contributed by atoms with E-state index < -0.39 is 0 Å². The topological polar surface area (TPSA) is 90.7 Å². The smallest absolute Gasteiger partial charge is 0.194 e. The van der Waals surface area contributed by atoms with Gasteiger partial charge in [-0.25, -0.2) is 15.0 Å². The molecule has 0 saturated carbocycles. The molecule has 0 unspecified atom stereocenters. The minimum absolute atomic E-state index is 0.334. The summed E-state index contributed by atoms with van der Waals surface area (Å²) in [6.45, 7) is 5.95. The molecular weight excluding hydrogens is 246 g/mol. The fourth-order valence-electron chi connectivity index (χ4n) is 1.40. The predicted molar refractivity (Wildman–Crippen MR) is 73.4 cm³/mol. The second kappa shape index (κ2) is 4.81. The van der Waals surface area contributed by atoms with Crippen LogP contribution in [0.15, 0.2) is 22.3 Å². The van der Waals surface area contributed by atoms with Crippen LogP contribution in [0.2, 0.25) is 0 Å². The minimum atomic E-state index is 0.334. The van der Waals surface area contributed by atoms with E-state index in [0.29, 0.717) is 16.7 Å². The highest BCUT2D eigenvalue weighted by atomic mass is 32.2. The zero-order chi connectivity index (χ0) is 13.3. The molecule has 0 aliphatic carbocycles. The first kappa shape index (κ1) is 12.6. The molecule has 4 N–H and O–H groups in total. The van der Waals surface area contributed by atoms with Crippen molar-refractivity contribution in [1.29, 1.82) is 0 Å². The van der Waals surface area contributed by atoms with Gasteiger partial charge >= 0.3 is 0 Å². The van der Waals surface area contributed by atoms with E-state index in [9.17, 15) is 0 Å². The number of aromatic nitrogens is 3. The molecule has 2 aromatic heterocycles. The van der Waals surface area contributed by atoms with Gasteiger partial charge in [-0.2, -0.15) is 0 Å². The average molecular weight is 261 g/mol. The maximum absolute atomic E-state index is 5.67. The molecule has 0 radical (unpaired) electrons. The molecule has 2 aromatic rings. The minimum Gasteiger partial charge on any atom is -0.396 e. The molecule has 0 atom stereocenters. The summed E-state index contributed by atoms with van der Waals surface area (Å²) in [5.74, 6) is 0.334. The Hall–Kier alpha value is -1.82. The van der Waals surface area contributed by atoms with E-state index in [1.165, 1.54) is 11.8 Å². The third-order valence-electron chi connectivity index (χ3n) is 2.74. The van der Waals surface area contributed by atoms with Crippen LogP contribution in [0.5, 0.6) is 0 Å². The zero-order valence-electron chi connectivity index (χ0n) is 10.6. The average Bonchev–Trinajstić information content (AvgIpc) is 2.31. The molecule has 2 rings (SSSR count). The van der Waals surface area contributed by atoms with Crippen molar-refractivity contribution in [1.82, 2.24) is 15.0 Å². The van der Waals surface area contributed by atoms with Crippen LogP contribution in [-0.4, -0.2) is 15.0 Å². The standard InChI is InChI=1S/C12H15N5S/c1-6-7(2)15-12(16-8(6)3)18-10-5-4-9(13)11(14)17-10/h4-5H,13H2,1-3H3,(H2,14,17). The second-order valence-corrected chi connectivity index (χ2v) is 5.02. The Labute approximate surface area is 110 Å². The SMILES string of the molecule is Cc1nc(Sc2ccc(N)c(N)n2)nc(C)c1C. The van der Waals surface area contributed by atoms with E-state index in [1.54, 1.807) is 6.07 Å². The maximum atomic E-state index is 5.67. The molecule has 5 nitrogen and oxygen atoms in total. The first-order chi connectivity index (χ1) is 8.47. The van der Waals surface area contributed by atoms with E-state index in [-0.39, 0.29) is 0 Å². The number of rotatable bonds is 2. The van der Waals surface area contributed by atoms with Gasteiger partial charge in [0.15, 0.2) is 5.16 Å². The number of nitrogen functional groups attached to an aromatic ring is 2. The number of hydrogen-bond donors (Lipinski definition) is 2. The third kappa shape index (κ3) is 2.53. The summed E-state index contributed by atoms with van der Waals surface area (Å²) < 4.78 is 0. The third-order valence-corrected chi connectivity index (χ3v) is 3.54. The Bertz CT molecular complexity index is 574. The number of hydrogen-bond acceptors (Lipinski definition) is 6. The quantitative estimate of drug-likeness (QED) is 0.805. The van der Waals surface area contributed by atoms with Crippen molar-refractivity contribution in [3.63, 3.8) is 0 Å². The molecule has 6 heteroatoms. The highest BCUT2D eigenvalue weighted by molar-refractivity contribution is 7.99. The van der Waals surface area contributed by atoms with Crippen LogP contribution in [0.25, 0.3) is 0 Å². The largest absolute Gasteiger partial charge is 0.396 e. The van der Waals surface area contributed by atoms with Gasteiger partial charge in [-0.15, -0.1) is 0 Å². The molecule has 0 aliphatic heterocycles. The van der Waals surface area contributed by atoms with Crippen molar-refractivity contribution < 1.29 is 0 Å². The Morgan fingerprint density at radius 2 is 1.56 bits per heavy atom. The Kier molecular flexibility index (Phi) is 3.38. The highest BCUT2D eigenvalue weighted by Crippen LogP contribution is 2.26. The van der Waals surface area contributed by atoms with Crippen molar-refractivity contribution in [3.05, 3.63) is 29.1 Å². The summed E-state index contributed by atoms with van der Waals surface area (Å²) in [6.07, 6.45) is 0. The van der Waals surface area contributed by atoms with Gasteiger partial charge in [-0.1, -0.05) is 0 Å². The van der Waals surface area contributed by atoms with Crippen LogP contribution in [0.1, 0.15) is 17.0 Å². The van der Waals surface area contributed by atoms with E-state index in [4.69, 9.17) is 11.5 Å². The maximum Gasteiger partial charge on any atom is 0.194 e. The molecule has 0 fully saturated rings. The lowest BCUT2D eigenvalue weighted by atomic mass is 10.2. The number of nitrogens with zero attached hydrogens (tertiary/aromatic N) is 3. The fourth-order valence-corrected chi connectivity index (χ4v) is 2.24. The lowest BCUT2D eigenvalue weighted by molar-refractivity contribution is 0.878. The summed E-state index contributed by atoms with van der Waals surface area (Å²) in [6, 6.07) is 3.54. The van der Waals surface area contributed by atoms with Crippen LogP contribution in [-0.2, 0) is 0 Å². The van der Waals surface area contributed by atoms with Crippen LogP contribution < -0.4 is 11.5 Å². The normalized spacial score (nSPS) is 10.6. The fraction of sp³-hybridized carbons (Fsp3) is 0.250. The summed E-state index contributed by atoms with van der Waals surface area (Å²) in [7, 11) is 0. The highest BCUT2D eigenvalue weighted by Gasteiger charge is 2.08. The Morgan fingerprint density at radius 3 is 2.11 bits per heavy atom. The lowest BCUT2D eigenvalue weighted by Gasteiger charge is -2.07. The molecule has 18 heavy (non-hydrogen) atoms. The van der Waals surface area contributed by atoms with Crippen molar-refractivity contribution >= 4 is 23.3 Å². The molecule has 94 valence electrons. The molecular formula is C12H15N5S. The molecule has 0 aliphatic rings.